The van der Waals surface area contributed by atoms with Crippen LogP contribution in [0.5, 0.6) is 0 Å². The van der Waals surface area contributed by atoms with Crippen LogP contribution in [0, 0.1) is 11.3 Å². The molecule has 1 amide bonds. The minimum absolute atomic E-state index is 0.153. The van der Waals surface area contributed by atoms with Crippen LogP contribution in [0.2, 0.25) is 5.02 Å². The zero-order valence-electron chi connectivity index (χ0n) is 14.5. The normalized spacial score (nSPS) is 10.4. The van der Waals surface area contributed by atoms with Gasteiger partial charge in [0.25, 0.3) is 0 Å². The number of hydrogen-bond acceptors (Lipinski definition) is 5. The third kappa shape index (κ3) is 4.30. The fourth-order valence-electron chi connectivity index (χ4n) is 2.53. The average molecular weight is 398 g/mol. The number of aromatic nitrogens is 3. The van der Waals surface area contributed by atoms with Gasteiger partial charge in [-0.15, -0.1) is 10.2 Å². The van der Waals surface area contributed by atoms with Crippen LogP contribution in [0.15, 0.2) is 53.7 Å². The summed E-state index contributed by atoms with van der Waals surface area (Å²) in [6.07, 6.45) is 0. The number of amides is 1. The molecule has 0 spiro atoms. The third-order valence-corrected chi connectivity index (χ3v) is 5.10. The van der Waals surface area contributed by atoms with E-state index in [1.165, 1.54) is 11.8 Å². The second-order valence-electron chi connectivity index (χ2n) is 5.52. The highest BCUT2D eigenvalue weighted by molar-refractivity contribution is 7.99. The van der Waals surface area contributed by atoms with Crippen molar-refractivity contribution >= 4 is 35.0 Å². The van der Waals surface area contributed by atoms with Crippen LogP contribution in [0.1, 0.15) is 12.5 Å². The summed E-state index contributed by atoms with van der Waals surface area (Å²) < 4.78 is 1.92. The van der Waals surface area contributed by atoms with Crippen molar-refractivity contribution in [2.24, 2.45) is 0 Å². The third-order valence-electron chi connectivity index (χ3n) is 3.80. The number of thioether (sulfide) groups is 1. The van der Waals surface area contributed by atoms with Crippen molar-refractivity contribution in [3.05, 3.63) is 59.1 Å². The van der Waals surface area contributed by atoms with E-state index in [1.54, 1.807) is 30.3 Å². The number of hydrogen-bond donors (Lipinski definition) is 1. The van der Waals surface area contributed by atoms with Gasteiger partial charge in [-0.3, -0.25) is 4.79 Å². The number of nitriles is 1. The second kappa shape index (κ2) is 8.71. The van der Waals surface area contributed by atoms with E-state index >= 15 is 0 Å². The molecule has 0 aliphatic rings. The molecule has 0 unspecified atom stereocenters. The molecule has 0 fully saturated rings. The van der Waals surface area contributed by atoms with Gasteiger partial charge in [0.2, 0.25) is 5.91 Å². The SMILES string of the molecule is CCn1c(SCC(=O)Nc2ccccc2C#N)nnc1-c1ccccc1Cl. The highest BCUT2D eigenvalue weighted by Crippen LogP contribution is 2.29. The number of nitrogens with one attached hydrogen (secondary N) is 1. The Kier molecular flexibility index (Phi) is 6.12. The van der Waals surface area contributed by atoms with E-state index in [-0.39, 0.29) is 11.7 Å². The lowest BCUT2D eigenvalue weighted by Crippen LogP contribution is -2.15. The maximum atomic E-state index is 12.3. The van der Waals surface area contributed by atoms with Gasteiger partial charge in [0.15, 0.2) is 11.0 Å². The minimum Gasteiger partial charge on any atom is -0.324 e. The number of nitrogens with zero attached hydrogens (tertiary/aromatic N) is 4. The smallest absolute Gasteiger partial charge is 0.234 e. The molecule has 1 aromatic heterocycles. The van der Waals surface area contributed by atoms with E-state index in [1.807, 2.05) is 29.7 Å². The number of halogens is 1. The van der Waals surface area contributed by atoms with Gasteiger partial charge in [-0.2, -0.15) is 5.26 Å². The van der Waals surface area contributed by atoms with E-state index in [2.05, 4.69) is 21.6 Å². The van der Waals surface area contributed by atoms with Gasteiger partial charge in [0.1, 0.15) is 6.07 Å². The molecular formula is C19H16ClN5OS. The van der Waals surface area contributed by atoms with Crippen molar-refractivity contribution in [2.45, 2.75) is 18.6 Å². The van der Waals surface area contributed by atoms with Gasteiger partial charge in [-0.1, -0.05) is 47.6 Å². The second-order valence-corrected chi connectivity index (χ2v) is 6.87. The highest BCUT2D eigenvalue weighted by Gasteiger charge is 2.16. The summed E-state index contributed by atoms with van der Waals surface area (Å²) in [6, 6.07) is 16.4. The first-order chi connectivity index (χ1) is 13.1. The number of carbonyl (C=O) groups excluding carboxylic acids is 1. The number of carbonyl (C=O) groups is 1. The highest BCUT2D eigenvalue weighted by atomic mass is 35.5. The monoisotopic (exact) mass is 397 g/mol. The zero-order valence-corrected chi connectivity index (χ0v) is 16.1. The molecule has 0 bridgehead atoms. The maximum Gasteiger partial charge on any atom is 0.234 e. The topological polar surface area (TPSA) is 83.6 Å². The number of rotatable bonds is 6. The molecule has 0 radical (unpaired) electrons. The van der Waals surface area contributed by atoms with Gasteiger partial charge in [0.05, 0.1) is 22.0 Å². The molecular weight excluding hydrogens is 382 g/mol. The van der Waals surface area contributed by atoms with Gasteiger partial charge < -0.3 is 9.88 Å². The number of anilines is 1. The average Bonchev–Trinajstić information content (AvgIpc) is 3.10. The summed E-state index contributed by atoms with van der Waals surface area (Å²) in [5, 5.41) is 21.5. The summed E-state index contributed by atoms with van der Waals surface area (Å²) in [7, 11) is 0. The van der Waals surface area contributed by atoms with Crippen LogP contribution in [-0.2, 0) is 11.3 Å². The molecule has 8 heteroatoms. The molecule has 3 rings (SSSR count). The fourth-order valence-corrected chi connectivity index (χ4v) is 3.55. The van der Waals surface area contributed by atoms with Crippen LogP contribution in [0.25, 0.3) is 11.4 Å². The van der Waals surface area contributed by atoms with Crippen molar-refractivity contribution in [1.82, 2.24) is 14.8 Å². The maximum absolute atomic E-state index is 12.3. The first-order valence-corrected chi connectivity index (χ1v) is 9.60. The lowest BCUT2D eigenvalue weighted by atomic mass is 10.2. The van der Waals surface area contributed by atoms with Crippen LogP contribution < -0.4 is 5.32 Å². The van der Waals surface area contributed by atoms with Crippen molar-refractivity contribution in [1.29, 1.82) is 5.26 Å². The predicted octanol–water partition coefficient (Wildman–Crippen LogP) is 4.22. The van der Waals surface area contributed by atoms with E-state index in [9.17, 15) is 4.79 Å². The Morgan fingerprint density at radius 1 is 1.22 bits per heavy atom. The van der Waals surface area contributed by atoms with Gasteiger partial charge in [-0.05, 0) is 31.2 Å². The Morgan fingerprint density at radius 2 is 1.96 bits per heavy atom. The van der Waals surface area contributed by atoms with E-state index in [0.29, 0.717) is 33.8 Å². The van der Waals surface area contributed by atoms with Gasteiger partial charge >= 0.3 is 0 Å². The van der Waals surface area contributed by atoms with E-state index in [0.717, 1.165) is 5.56 Å². The quantitative estimate of drug-likeness (QED) is 0.629. The van der Waals surface area contributed by atoms with Gasteiger partial charge in [-0.25, -0.2) is 0 Å². The van der Waals surface area contributed by atoms with E-state index in [4.69, 9.17) is 16.9 Å². The fraction of sp³-hybridized carbons (Fsp3) is 0.158. The molecule has 1 N–H and O–H groups in total. The molecule has 3 aromatic rings. The first-order valence-electron chi connectivity index (χ1n) is 8.24. The van der Waals surface area contributed by atoms with Crippen molar-refractivity contribution in [3.8, 4) is 17.5 Å². The van der Waals surface area contributed by atoms with Crippen molar-refractivity contribution in [3.63, 3.8) is 0 Å². The van der Waals surface area contributed by atoms with E-state index < -0.39 is 0 Å². The molecule has 136 valence electrons. The molecule has 0 aliphatic carbocycles. The van der Waals surface area contributed by atoms with Crippen LogP contribution in [-0.4, -0.2) is 26.4 Å². The Labute approximate surface area is 166 Å². The summed E-state index contributed by atoms with van der Waals surface area (Å²) in [5.74, 6) is 0.605. The Morgan fingerprint density at radius 3 is 2.70 bits per heavy atom. The molecule has 6 nitrogen and oxygen atoms in total. The molecule has 0 aliphatic heterocycles. The van der Waals surface area contributed by atoms with Crippen LogP contribution in [0.3, 0.4) is 0 Å². The molecule has 2 aromatic carbocycles. The molecule has 0 saturated heterocycles. The molecule has 0 saturated carbocycles. The van der Waals surface area contributed by atoms with Crippen LogP contribution >= 0.6 is 23.4 Å². The van der Waals surface area contributed by atoms with Crippen LogP contribution in [0.4, 0.5) is 5.69 Å². The number of para-hydroxylation sites is 1. The van der Waals surface area contributed by atoms with Gasteiger partial charge in [0, 0.05) is 12.1 Å². The zero-order chi connectivity index (χ0) is 19.2. The Balaban J connectivity index is 1.72. The number of benzene rings is 2. The predicted molar refractivity (Wildman–Crippen MR) is 107 cm³/mol. The molecule has 27 heavy (non-hydrogen) atoms. The minimum atomic E-state index is -0.215. The largest absolute Gasteiger partial charge is 0.324 e. The summed E-state index contributed by atoms with van der Waals surface area (Å²) in [5.41, 5.74) is 1.72. The molecule has 1 heterocycles. The lowest BCUT2D eigenvalue weighted by Gasteiger charge is -2.09. The van der Waals surface area contributed by atoms with Crippen molar-refractivity contribution < 1.29 is 4.79 Å². The molecule has 0 atom stereocenters. The first kappa shape index (κ1) is 19.0. The Bertz CT molecular complexity index is 1010. The standard InChI is InChI=1S/C19H16ClN5OS/c1-2-25-18(14-8-4-5-9-15(14)20)23-24-19(25)27-12-17(26)22-16-10-6-3-7-13(16)11-21/h3-10H,2,12H2,1H3,(H,22,26). The Hall–Kier alpha value is -2.82. The summed E-state index contributed by atoms with van der Waals surface area (Å²) in [4.78, 5) is 12.3. The lowest BCUT2D eigenvalue weighted by molar-refractivity contribution is -0.113. The van der Waals surface area contributed by atoms with Crippen molar-refractivity contribution in [2.75, 3.05) is 11.1 Å². The summed E-state index contributed by atoms with van der Waals surface area (Å²) >= 11 is 7.55. The summed E-state index contributed by atoms with van der Waals surface area (Å²) in [6.45, 7) is 2.63.